The summed E-state index contributed by atoms with van der Waals surface area (Å²) in [6, 6.07) is 11.1. The van der Waals surface area contributed by atoms with E-state index < -0.39 is 0 Å². The highest BCUT2D eigenvalue weighted by Gasteiger charge is 2.07. The summed E-state index contributed by atoms with van der Waals surface area (Å²) in [6.07, 6.45) is 6.70. The van der Waals surface area contributed by atoms with Crippen molar-refractivity contribution in [3.8, 4) is 0 Å². The Morgan fingerprint density at radius 1 is 1.00 bits per heavy atom. The second-order valence-corrected chi connectivity index (χ2v) is 5.54. The van der Waals surface area contributed by atoms with Crippen molar-refractivity contribution in [3.05, 3.63) is 36.0 Å². The Hall–Kier alpha value is -1.28. The summed E-state index contributed by atoms with van der Waals surface area (Å²) in [5.74, 6) is 0. The molecule has 0 saturated carbocycles. The summed E-state index contributed by atoms with van der Waals surface area (Å²) in [7, 11) is 0. The smallest absolute Gasteiger partial charge is 0.0482 e. The van der Waals surface area contributed by atoms with Crippen LogP contribution >= 0.6 is 0 Å². The van der Waals surface area contributed by atoms with E-state index in [4.69, 9.17) is 0 Å². The molecule has 0 unspecified atom stereocenters. The van der Waals surface area contributed by atoms with E-state index in [2.05, 4.69) is 54.1 Å². The van der Waals surface area contributed by atoms with Gasteiger partial charge in [0.2, 0.25) is 0 Å². The molecule has 0 aliphatic heterocycles. The fourth-order valence-corrected chi connectivity index (χ4v) is 2.80. The van der Waals surface area contributed by atoms with Gasteiger partial charge in [0.1, 0.15) is 0 Å². The van der Waals surface area contributed by atoms with E-state index in [-0.39, 0.29) is 0 Å². The lowest BCUT2D eigenvalue weighted by Crippen LogP contribution is -2.15. The molecule has 110 valence electrons. The van der Waals surface area contributed by atoms with E-state index in [9.17, 15) is 0 Å². The van der Waals surface area contributed by atoms with Crippen LogP contribution in [0.25, 0.3) is 10.9 Å². The van der Waals surface area contributed by atoms with E-state index in [1.54, 1.807) is 0 Å². The molecule has 0 atom stereocenters. The molecule has 0 radical (unpaired) electrons. The summed E-state index contributed by atoms with van der Waals surface area (Å²) in [6.45, 7) is 7.59. The van der Waals surface area contributed by atoms with E-state index in [1.165, 1.54) is 48.7 Å². The number of para-hydroxylation sites is 1. The molecule has 0 aliphatic carbocycles. The van der Waals surface area contributed by atoms with Gasteiger partial charge in [0.25, 0.3) is 0 Å². The van der Waals surface area contributed by atoms with Gasteiger partial charge in [-0.25, -0.2) is 0 Å². The molecule has 0 aliphatic rings. The first-order valence-electron chi connectivity index (χ1n) is 8.14. The van der Waals surface area contributed by atoms with Gasteiger partial charge < -0.3 is 9.88 Å². The number of hydrogen-bond acceptors (Lipinski definition) is 1. The number of hydrogen-bond donors (Lipinski definition) is 1. The minimum atomic E-state index is 0.972. The summed E-state index contributed by atoms with van der Waals surface area (Å²) in [5, 5.41) is 4.83. The van der Waals surface area contributed by atoms with Gasteiger partial charge in [-0.05, 0) is 30.5 Å². The predicted octanol–water partition coefficient (Wildman–Crippen LogP) is 4.72. The number of aryl methyl sites for hydroxylation is 1. The van der Waals surface area contributed by atoms with Gasteiger partial charge in [0.15, 0.2) is 0 Å². The number of nitrogens with one attached hydrogen (secondary N) is 1. The van der Waals surface area contributed by atoms with Crippen LogP contribution < -0.4 is 5.32 Å². The van der Waals surface area contributed by atoms with Crippen molar-refractivity contribution in [1.82, 2.24) is 9.88 Å². The number of unbranched alkanes of at least 4 members (excludes halogenated alkanes) is 4. The SMILES string of the molecule is CCCCCCCn1c(CNCC)cc2ccccc21. The molecular weight excluding hydrogens is 244 g/mol. The fraction of sp³-hybridized carbons (Fsp3) is 0.556. The molecule has 1 heterocycles. The summed E-state index contributed by atoms with van der Waals surface area (Å²) in [5.41, 5.74) is 2.81. The Morgan fingerprint density at radius 2 is 1.80 bits per heavy atom. The molecule has 1 N–H and O–H groups in total. The van der Waals surface area contributed by atoms with Crippen LogP contribution in [-0.4, -0.2) is 11.1 Å². The van der Waals surface area contributed by atoms with Crippen molar-refractivity contribution in [2.75, 3.05) is 6.54 Å². The maximum Gasteiger partial charge on any atom is 0.0482 e. The van der Waals surface area contributed by atoms with Gasteiger partial charge in [-0.1, -0.05) is 57.7 Å². The van der Waals surface area contributed by atoms with Crippen molar-refractivity contribution in [3.63, 3.8) is 0 Å². The fourth-order valence-electron chi connectivity index (χ4n) is 2.80. The van der Waals surface area contributed by atoms with E-state index in [1.807, 2.05) is 0 Å². The molecule has 2 aromatic rings. The molecule has 0 bridgehead atoms. The highest BCUT2D eigenvalue weighted by molar-refractivity contribution is 5.81. The molecule has 0 spiro atoms. The second kappa shape index (κ2) is 8.11. The van der Waals surface area contributed by atoms with Crippen LogP contribution in [0.3, 0.4) is 0 Å². The molecular formula is C18H28N2. The van der Waals surface area contributed by atoms with Crippen LogP contribution in [0, 0.1) is 0 Å². The molecule has 2 rings (SSSR count). The molecule has 2 heteroatoms. The van der Waals surface area contributed by atoms with Gasteiger partial charge in [0.05, 0.1) is 0 Å². The molecule has 1 aromatic heterocycles. The Bertz CT molecular complexity index is 513. The average Bonchev–Trinajstić information content (AvgIpc) is 2.83. The third-order valence-electron chi connectivity index (χ3n) is 3.94. The van der Waals surface area contributed by atoms with Crippen LogP contribution in [0.15, 0.2) is 30.3 Å². The highest BCUT2D eigenvalue weighted by atomic mass is 15.0. The third-order valence-corrected chi connectivity index (χ3v) is 3.94. The zero-order chi connectivity index (χ0) is 14.2. The van der Waals surface area contributed by atoms with Gasteiger partial charge in [0, 0.05) is 24.3 Å². The number of aromatic nitrogens is 1. The molecule has 1 aromatic carbocycles. The van der Waals surface area contributed by atoms with Gasteiger partial charge >= 0.3 is 0 Å². The van der Waals surface area contributed by atoms with Crippen LogP contribution in [0.1, 0.15) is 51.6 Å². The maximum absolute atomic E-state index is 3.46. The molecule has 0 amide bonds. The molecule has 0 saturated heterocycles. The molecule has 20 heavy (non-hydrogen) atoms. The topological polar surface area (TPSA) is 17.0 Å². The summed E-state index contributed by atoms with van der Waals surface area (Å²) in [4.78, 5) is 0. The first-order chi connectivity index (χ1) is 9.86. The Morgan fingerprint density at radius 3 is 2.60 bits per heavy atom. The lowest BCUT2D eigenvalue weighted by molar-refractivity contribution is 0.557. The van der Waals surface area contributed by atoms with Crippen molar-refractivity contribution in [1.29, 1.82) is 0 Å². The van der Waals surface area contributed by atoms with Crippen LogP contribution in [-0.2, 0) is 13.1 Å². The first-order valence-corrected chi connectivity index (χ1v) is 8.14. The highest BCUT2D eigenvalue weighted by Crippen LogP contribution is 2.21. The zero-order valence-electron chi connectivity index (χ0n) is 13.0. The zero-order valence-corrected chi connectivity index (χ0v) is 13.0. The van der Waals surface area contributed by atoms with Gasteiger partial charge in [-0.15, -0.1) is 0 Å². The number of fused-ring (bicyclic) bond motifs is 1. The van der Waals surface area contributed by atoms with Crippen molar-refractivity contribution in [2.45, 2.75) is 59.0 Å². The lowest BCUT2D eigenvalue weighted by Gasteiger charge is -2.11. The standard InChI is InChI=1S/C18H28N2/c1-3-5-6-7-10-13-20-17(15-19-4-2)14-16-11-8-9-12-18(16)20/h8-9,11-12,14,19H,3-7,10,13,15H2,1-2H3. The minimum absolute atomic E-state index is 0.972. The predicted molar refractivity (Wildman–Crippen MR) is 88.1 cm³/mol. The van der Waals surface area contributed by atoms with E-state index in [0.29, 0.717) is 0 Å². The van der Waals surface area contributed by atoms with E-state index in [0.717, 1.165) is 19.6 Å². The monoisotopic (exact) mass is 272 g/mol. The number of nitrogens with zero attached hydrogens (tertiary/aromatic N) is 1. The van der Waals surface area contributed by atoms with Crippen molar-refractivity contribution < 1.29 is 0 Å². The normalized spacial score (nSPS) is 11.3. The van der Waals surface area contributed by atoms with Gasteiger partial charge in [-0.2, -0.15) is 0 Å². The summed E-state index contributed by atoms with van der Waals surface area (Å²) >= 11 is 0. The first kappa shape index (κ1) is 15.1. The molecule has 2 nitrogen and oxygen atoms in total. The lowest BCUT2D eigenvalue weighted by atomic mass is 10.1. The maximum atomic E-state index is 3.46. The largest absolute Gasteiger partial charge is 0.343 e. The Kier molecular flexibility index (Phi) is 6.13. The Labute approximate surface area is 123 Å². The summed E-state index contributed by atoms with van der Waals surface area (Å²) < 4.78 is 2.50. The van der Waals surface area contributed by atoms with Crippen LogP contribution in [0.4, 0.5) is 0 Å². The third kappa shape index (κ3) is 3.86. The number of rotatable bonds is 9. The van der Waals surface area contributed by atoms with Crippen LogP contribution in [0.2, 0.25) is 0 Å². The second-order valence-electron chi connectivity index (χ2n) is 5.54. The van der Waals surface area contributed by atoms with Crippen molar-refractivity contribution >= 4 is 10.9 Å². The average molecular weight is 272 g/mol. The molecule has 0 fully saturated rings. The Balaban J connectivity index is 2.07. The van der Waals surface area contributed by atoms with Gasteiger partial charge in [-0.3, -0.25) is 0 Å². The van der Waals surface area contributed by atoms with E-state index >= 15 is 0 Å². The quantitative estimate of drug-likeness (QED) is 0.653. The minimum Gasteiger partial charge on any atom is -0.343 e. The van der Waals surface area contributed by atoms with Crippen LogP contribution in [0.5, 0.6) is 0 Å². The van der Waals surface area contributed by atoms with Crippen molar-refractivity contribution in [2.24, 2.45) is 0 Å². The number of benzene rings is 1.